The molecular weight excluding hydrogens is 441 g/mol. The van der Waals surface area contributed by atoms with E-state index in [1.807, 2.05) is 17.0 Å². The van der Waals surface area contributed by atoms with Gasteiger partial charge in [0.2, 0.25) is 0 Å². The molecule has 2 fully saturated rings. The first-order chi connectivity index (χ1) is 15.0. The molecule has 8 nitrogen and oxygen atoms in total. The van der Waals surface area contributed by atoms with Crippen LogP contribution >= 0.6 is 0 Å². The van der Waals surface area contributed by atoms with Crippen LogP contribution in [0, 0.1) is 5.41 Å². The van der Waals surface area contributed by atoms with Gasteiger partial charge in [0, 0.05) is 45.0 Å². The van der Waals surface area contributed by atoms with E-state index >= 15 is 0 Å². The lowest BCUT2D eigenvalue weighted by Gasteiger charge is -2.45. The number of pyridine rings is 1. The summed E-state index contributed by atoms with van der Waals surface area (Å²) >= 11 is 0. The van der Waals surface area contributed by atoms with Gasteiger partial charge in [-0.05, 0) is 24.6 Å². The van der Waals surface area contributed by atoms with E-state index in [1.165, 1.54) is 11.1 Å². The molecule has 1 unspecified atom stereocenters. The number of anilines is 1. The van der Waals surface area contributed by atoms with Crippen molar-refractivity contribution in [1.82, 2.24) is 20.1 Å². The molecule has 13 heteroatoms. The number of hydrogen-bond donors (Lipinski definition) is 2. The van der Waals surface area contributed by atoms with Crippen LogP contribution in [0.3, 0.4) is 0 Å². The zero-order chi connectivity index (χ0) is 23.6. The number of carboxylic acid groups (broad SMARTS) is 1. The summed E-state index contributed by atoms with van der Waals surface area (Å²) in [4.78, 5) is 29.1. The highest BCUT2D eigenvalue weighted by molar-refractivity contribution is 5.92. The van der Waals surface area contributed by atoms with Crippen molar-refractivity contribution in [3.63, 3.8) is 0 Å². The average Bonchev–Trinajstić information content (AvgIpc) is 3.41. The van der Waals surface area contributed by atoms with Crippen molar-refractivity contribution in [2.45, 2.75) is 24.9 Å². The van der Waals surface area contributed by atoms with Gasteiger partial charge in [0.25, 0.3) is 11.8 Å². The standard InChI is InChI=1S/C17H19F2N5O.C2HF3O2/c18-17(19)6-10-24(15(25)13-4-8-21-22-13)12-16(17)5-9-23(11-16)14-3-1-2-7-20-14;3-2(4,5)1(6)7/h1-4,7-8H,5-6,9-12H2,(H,21,22);(H,6,7). The molecule has 0 bridgehead atoms. The van der Waals surface area contributed by atoms with Crippen molar-refractivity contribution in [3.05, 3.63) is 42.4 Å². The van der Waals surface area contributed by atoms with Gasteiger partial charge in [-0.15, -0.1) is 0 Å². The van der Waals surface area contributed by atoms with Gasteiger partial charge in [-0.2, -0.15) is 18.3 Å². The molecule has 32 heavy (non-hydrogen) atoms. The molecule has 0 aromatic carbocycles. The average molecular weight is 461 g/mol. The number of carbonyl (C=O) groups excluding carboxylic acids is 1. The number of halogens is 5. The fourth-order valence-corrected chi connectivity index (χ4v) is 3.86. The Morgan fingerprint density at radius 3 is 2.34 bits per heavy atom. The van der Waals surface area contributed by atoms with Crippen LogP contribution in [0.5, 0.6) is 0 Å². The Kier molecular flexibility index (Phi) is 6.37. The highest BCUT2D eigenvalue weighted by atomic mass is 19.4. The summed E-state index contributed by atoms with van der Waals surface area (Å²) in [6.45, 7) is 0.805. The van der Waals surface area contributed by atoms with Crippen molar-refractivity contribution in [3.8, 4) is 0 Å². The van der Waals surface area contributed by atoms with Gasteiger partial charge in [-0.1, -0.05) is 6.07 Å². The zero-order valence-electron chi connectivity index (χ0n) is 16.6. The normalized spacial score (nSPS) is 22.4. The number of nitrogens with one attached hydrogen (secondary N) is 1. The molecule has 0 radical (unpaired) electrons. The Hall–Kier alpha value is -3.25. The monoisotopic (exact) mass is 461 g/mol. The number of carbonyl (C=O) groups is 2. The molecule has 174 valence electrons. The van der Waals surface area contributed by atoms with Crippen LogP contribution < -0.4 is 4.90 Å². The molecule has 4 heterocycles. The fraction of sp³-hybridized carbons (Fsp3) is 0.474. The van der Waals surface area contributed by atoms with E-state index in [9.17, 15) is 26.7 Å². The van der Waals surface area contributed by atoms with E-state index in [4.69, 9.17) is 9.90 Å². The maximum atomic E-state index is 14.8. The van der Waals surface area contributed by atoms with E-state index in [0.29, 0.717) is 24.5 Å². The number of nitrogens with zero attached hydrogens (tertiary/aromatic N) is 4. The number of amides is 1. The summed E-state index contributed by atoms with van der Waals surface area (Å²) in [5.74, 6) is -5.13. The van der Waals surface area contributed by atoms with Gasteiger partial charge in [-0.25, -0.2) is 18.6 Å². The third-order valence-electron chi connectivity index (χ3n) is 5.55. The van der Waals surface area contributed by atoms with Crippen LogP contribution in [0.15, 0.2) is 36.7 Å². The van der Waals surface area contributed by atoms with Crippen molar-refractivity contribution < 1.29 is 36.6 Å². The number of alkyl halides is 5. The Morgan fingerprint density at radius 1 is 1.06 bits per heavy atom. The van der Waals surface area contributed by atoms with Crippen molar-refractivity contribution in [2.24, 2.45) is 5.41 Å². The minimum absolute atomic E-state index is 0.0428. The zero-order valence-corrected chi connectivity index (χ0v) is 16.6. The molecule has 2 aromatic heterocycles. The molecule has 1 spiro atoms. The minimum atomic E-state index is -5.08. The molecule has 0 saturated carbocycles. The maximum absolute atomic E-state index is 14.8. The first kappa shape index (κ1) is 23.4. The first-order valence-corrected chi connectivity index (χ1v) is 9.58. The number of H-pyrrole nitrogens is 1. The van der Waals surface area contributed by atoms with Crippen LogP contribution in [0.25, 0.3) is 0 Å². The van der Waals surface area contributed by atoms with E-state index in [1.54, 1.807) is 18.3 Å². The van der Waals surface area contributed by atoms with E-state index in [-0.39, 0.29) is 32.0 Å². The maximum Gasteiger partial charge on any atom is 0.490 e. The molecule has 2 aliphatic heterocycles. The lowest BCUT2D eigenvalue weighted by molar-refractivity contribution is -0.192. The van der Waals surface area contributed by atoms with Crippen LogP contribution in [0.1, 0.15) is 23.3 Å². The summed E-state index contributed by atoms with van der Waals surface area (Å²) in [7, 11) is 0. The highest BCUT2D eigenvalue weighted by Gasteiger charge is 2.60. The van der Waals surface area contributed by atoms with Gasteiger partial charge in [-0.3, -0.25) is 9.89 Å². The second kappa shape index (κ2) is 8.71. The summed E-state index contributed by atoms with van der Waals surface area (Å²) < 4.78 is 61.4. The molecule has 1 amide bonds. The SMILES string of the molecule is O=C(O)C(F)(F)F.O=C(c1ccn[nH]1)N1CCC(F)(F)C2(CCN(c3ccccn3)C2)C1. The number of rotatable bonds is 2. The fourth-order valence-electron chi connectivity index (χ4n) is 3.86. The summed E-state index contributed by atoms with van der Waals surface area (Å²) in [6.07, 6.45) is -1.92. The lowest BCUT2D eigenvalue weighted by atomic mass is 9.75. The largest absolute Gasteiger partial charge is 0.490 e. The van der Waals surface area contributed by atoms with Gasteiger partial charge >= 0.3 is 12.1 Å². The number of aromatic amines is 1. The predicted molar refractivity (Wildman–Crippen MR) is 101 cm³/mol. The van der Waals surface area contributed by atoms with Gasteiger partial charge < -0.3 is 14.9 Å². The number of hydrogen-bond acceptors (Lipinski definition) is 5. The minimum Gasteiger partial charge on any atom is -0.475 e. The van der Waals surface area contributed by atoms with Crippen LogP contribution in [-0.4, -0.2) is 75.3 Å². The molecule has 2 saturated heterocycles. The highest BCUT2D eigenvalue weighted by Crippen LogP contribution is 2.50. The Morgan fingerprint density at radius 2 is 1.78 bits per heavy atom. The van der Waals surface area contributed by atoms with Gasteiger partial charge in [0.15, 0.2) is 0 Å². The summed E-state index contributed by atoms with van der Waals surface area (Å²) in [5, 5.41) is 13.5. The topological polar surface area (TPSA) is 102 Å². The van der Waals surface area contributed by atoms with Crippen molar-refractivity contribution >= 4 is 17.7 Å². The summed E-state index contributed by atoms with van der Waals surface area (Å²) in [6, 6.07) is 7.04. The molecule has 2 aromatic rings. The van der Waals surface area contributed by atoms with Crippen LogP contribution in [0.2, 0.25) is 0 Å². The van der Waals surface area contributed by atoms with Gasteiger partial charge in [0.05, 0.1) is 5.41 Å². The van der Waals surface area contributed by atoms with E-state index < -0.39 is 23.5 Å². The van der Waals surface area contributed by atoms with Crippen LogP contribution in [-0.2, 0) is 4.79 Å². The molecule has 2 aliphatic rings. The van der Waals surface area contributed by atoms with Crippen LogP contribution in [0.4, 0.5) is 27.8 Å². The predicted octanol–water partition coefficient (Wildman–Crippen LogP) is 2.82. The third-order valence-corrected chi connectivity index (χ3v) is 5.55. The summed E-state index contributed by atoms with van der Waals surface area (Å²) in [5.41, 5.74) is -0.904. The van der Waals surface area contributed by atoms with E-state index in [0.717, 1.165) is 0 Å². The second-order valence-corrected chi connectivity index (χ2v) is 7.59. The molecular formula is C19H20F5N5O3. The molecule has 0 aliphatic carbocycles. The number of aromatic nitrogens is 3. The quantitative estimate of drug-likeness (QED) is 0.667. The number of carboxylic acids is 1. The molecule has 4 rings (SSSR count). The Balaban J connectivity index is 0.000000360. The second-order valence-electron chi connectivity index (χ2n) is 7.59. The Labute approximate surface area is 179 Å². The van der Waals surface area contributed by atoms with Gasteiger partial charge in [0.1, 0.15) is 11.5 Å². The lowest BCUT2D eigenvalue weighted by Crippen LogP contribution is -2.58. The van der Waals surface area contributed by atoms with E-state index in [2.05, 4.69) is 15.2 Å². The smallest absolute Gasteiger partial charge is 0.475 e. The van der Waals surface area contributed by atoms with Crippen molar-refractivity contribution in [1.29, 1.82) is 0 Å². The Bertz CT molecular complexity index is 939. The number of piperidine rings is 1. The number of aliphatic carboxylic acids is 1. The number of likely N-dealkylation sites (tertiary alicyclic amines) is 1. The first-order valence-electron chi connectivity index (χ1n) is 9.58. The van der Waals surface area contributed by atoms with Crippen molar-refractivity contribution in [2.75, 3.05) is 31.1 Å². The molecule has 2 N–H and O–H groups in total. The molecule has 1 atom stereocenters. The third kappa shape index (κ3) is 4.81.